The Hall–Kier alpha value is -0.220. The van der Waals surface area contributed by atoms with Crippen molar-refractivity contribution in [3.63, 3.8) is 0 Å². The standard InChI is InChI=1S/C10H10Cl3O4P/c1-2-16-18(14,15)17-10(6-11)8-4-3-7(12)5-9(8)13/h3-6H,2H2,1H3,(H,14,15)/b10-6+. The molecule has 18 heavy (non-hydrogen) atoms. The summed E-state index contributed by atoms with van der Waals surface area (Å²) in [6, 6.07) is 4.53. The van der Waals surface area contributed by atoms with E-state index in [0.29, 0.717) is 10.6 Å². The van der Waals surface area contributed by atoms with Gasteiger partial charge < -0.3 is 4.52 Å². The number of halogens is 3. The Morgan fingerprint density at radius 2 is 2.17 bits per heavy atom. The van der Waals surface area contributed by atoms with E-state index >= 15 is 0 Å². The van der Waals surface area contributed by atoms with Gasteiger partial charge >= 0.3 is 7.82 Å². The zero-order chi connectivity index (χ0) is 13.8. The first-order chi connectivity index (χ1) is 8.39. The van der Waals surface area contributed by atoms with Gasteiger partial charge in [0, 0.05) is 16.1 Å². The predicted molar refractivity (Wildman–Crippen MR) is 72.8 cm³/mol. The van der Waals surface area contributed by atoms with Crippen molar-refractivity contribution in [2.75, 3.05) is 6.61 Å². The van der Waals surface area contributed by atoms with Crippen molar-refractivity contribution >= 4 is 48.4 Å². The molecule has 0 fully saturated rings. The van der Waals surface area contributed by atoms with Crippen molar-refractivity contribution in [3.05, 3.63) is 39.3 Å². The van der Waals surface area contributed by atoms with Gasteiger partial charge in [-0.2, -0.15) is 0 Å². The summed E-state index contributed by atoms with van der Waals surface area (Å²) in [5.41, 5.74) is 1.34. The molecule has 0 bridgehead atoms. The van der Waals surface area contributed by atoms with E-state index in [-0.39, 0.29) is 17.4 Å². The lowest BCUT2D eigenvalue weighted by Gasteiger charge is -2.15. The quantitative estimate of drug-likeness (QED) is 0.628. The summed E-state index contributed by atoms with van der Waals surface area (Å²) in [5.74, 6) is -0.0717. The van der Waals surface area contributed by atoms with Gasteiger partial charge in [-0.3, -0.25) is 9.42 Å². The number of benzene rings is 1. The first kappa shape index (κ1) is 15.8. The zero-order valence-electron chi connectivity index (χ0n) is 9.27. The fourth-order valence-corrected chi connectivity index (χ4v) is 2.64. The number of hydrogen-bond acceptors (Lipinski definition) is 3. The largest absolute Gasteiger partial charge is 0.527 e. The number of phosphoric acid groups is 1. The van der Waals surface area contributed by atoms with Gasteiger partial charge in [0.05, 0.1) is 11.6 Å². The van der Waals surface area contributed by atoms with Crippen LogP contribution in [-0.4, -0.2) is 11.5 Å². The second-order valence-electron chi connectivity index (χ2n) is 3.08. The van der Waals surface area contributed by atoms with Crippen LogP contribution in [0.4, 0.5) is 0 Å². The molecule has 0 aliphatic rings. The van der Waals surface area contributed by atoms with Gasteiger partial charge in [0.1, 0.15) is 0 Å². The van der Waals surface area contributed by atoms with Crippen LogP contribution in [0.1, 0.15) is 12.5 Å². The Labute approximate surface area is 120 Å². The molecule has 0 spiro atoms. The molecule has 0 radical (unpaired) electrons. The molecule has 1 N–H and O–H groups in total. The van der Waals surface area contributed by atoms with Crippen molar-refractivity contribution in [3.8, 4) is 0 Å². The summed E-state index contributed by atoms with van der Waals surface area (Å²) in [5, 5.41) is 0.667. The van der Waals surface area contributed by atoms with E-state index in [4.69, 9.17) is 39.3 Å². The van der Waals surface area contributed by atoms with E-state index in [9.17, 15) is 9.46 Å². The third-order valence-corrected chi connectivity index (χ3v) is 3.56. The molecule has 0 aliphatic heterocycles. The maximum atomic E-state index is 11.5. The summed E-state index contributed by atoms with van der Waals surface area (Å²) in [6.45, 7) is 1.59. The first-order valence-electron chi connectivity index (χ1n) is 4.82. The summed E-state index contributed by atoms with van der Waals surface area (Å²) in [4.78, 5) is 9.37. The van der Waals surface area contributed by atoms with E-state index in [2.05, 4.69) is 4.52 Å². The average Bonchev–Trinajstić information content (AvgIpc) is 2.26. The second kappa shape index (κ2) is 6.80. The van der Waals surface area contributed by atoms with Crippen molar-refractivity contribution < 1.29 is 18.5 Å². The molecule has 0 saturated heterocycles. The SMILES string of the molecule is CCOP(=O)(O)O/C(=C/Cl)c1ccc(Cl)cc1Cl. The minimum absolute atomic E-state index is 0.0255. The number of hydrogen-bond donors (Lipinski definition) is 1. The van der Waals surface area contributed by atoms with E-state index < -0.39 is 7.82 Å². The predicted octanol–water partition coefficient (Wildman–Crippen LogP) is 4.68. The monoisotopic (exact) mass is 330 g/mol. The molecule has 0 heterocycles. The van der Waals surface area contributed by atoms with Crippen LogP contribution in [0.3, 0.4) is 0 Å². The molecule has 0 amide bonds. The zero-order valence-corrected chi connectivity index (χ0v) is 12.4. The lowest BCUT2D eigenvalue weighted by molar-refractivity contribution is 0.203. The van der Waals surface area contributed by atoms with E-state index in [0.717, 1.165) is 5.54 Å². The van der Waals surface area contributed by atoms with Crippen LogP contribution in [0, 0.1) is 0 Å². The first-order valence-corrected chi connectivity index (χ1v) is 7.51. The summed E-state index contributed by atoms with van der Waals surface area (Å²) < 4.78 is 20.9. The minimum Gasteiger partial charge on any atom is -0.402 e. The highest BCUT2D eigenvalue weighted by atomic mass is 35.5. The van der Waals surface area contributed by atoms with Gasteiger partial charge in [-0.15, -0.1) is 0 Å². The molecule has 1 unspecified atom stereocenters. The normalized spacial score (nSPS) is 15.3. The van der Waals surface area contributed by atoms with Crippen LogP contribution in [-0.2, 0) is 13.6 Å². The number of phosphoric ester groups is 1. The molecule has 4 nitrogen and oxygen atoms in total. The Balaban J connectivity index is 3.02. The molecule has 0 saturated carbocycles. The van der Waals surface area contributed by atoms with Gasteiger partial charge in [0.25, 0.3) is 0 Å². The maximum Gasteiger partial charge on any atom is 0.527 e. The van der Waals surface area contributed by atoms with Crippen LogP contribution >= 0.6 is 42.6 Å². The lowest BCUT2D eigenvalue weighted by Crippen LogP contribution is -1.95. The van der Waals surface area contributed by atoms with E-state index in [1.54, 1.807) is 13.0 Å². The molecule has 1 atom stereocenters. The van der Waals surface area contributed by atoms with Crippen LogP contribution in [0.25, 0.3) is 5.76 Å². The molecule has 8 heteroatoms. The van der Waals surface area contributed by atoms with E-state index in [1.807, 2.05) is 0 Å². The third kappa shape index (κ3) is 4.47. The van der Waals surface area contributed by atoms with Crippen molar-refractivity contribution in [1.82, 2.24) is 0 Å². The highest BCUT2D eigenvalue weighted by Gasteiger charge is 2.24. The van der Waals surface area contributed by atoms with Crippen LogP contribution in [0.5, 0.6) is 0 Å². The van der Waals surface area contributed by atoms with Gasteiger partial charge in [0.2, 0.25) is 0 Å². The fraction of sp³-hybridized carbons (Fsp3) is 0.200. The highest BCUT2D eigenvalue weighted by Crippen LogP contribution is 2.48. The second-order valence-corrected chi connectivity index (χ2v) is 5.51. The Bertz CT molecular complexity index is 504. The summed E-state index contributed by atoms with van der Waals surface area (Å²) in [6.07, 6.45) is 0. The maximum absolute atomic E-state index is 11.5. The smallest absolute Gasteiger partial charge is 0.402 e. The molecule has 0 aromatic heterocycles. The Morgan fingerprint density at radius 1 is 1.50 bits per heavy atom. The van der Waals surface area contributed by atoms with Crippen molar-refractivity contribution in [1.29, 1.82) is 0 Å². The number of rotatable bonds is 5. The topological polar surface area (TPSA) is 55.8 Å². The van der Waals surface area contributed by atoms with Crippen LogP contribution in [0.2, 0.25) is 10.0 Å². The minimum atomic E-state index is -4.21. The molecular weight excluding hydrogens is 321 g/mol. The van der Waals surface area contributed by atoms with Gasteiger partial charge in [-0.05, 0) is 25.1 Å². The van der Waals surface area contributed by atoms with Crippen molar-refractivity contribution in [2.45, 2.75) is 6.92 Å². The Morgan fingerprint density at radius 3 is 2.67 bits per heavy atom. The fourth-order valence-electron chi connectivity index (χ4n) is 1.13. The molecular formula is C10H10Cl3O4P. The van der Waals surface area contributed by atoms with E-state index in [1.165, 1.54) is 12.1 Å². The van der Waals surface area contributed by atoms with Gasteiger partial charge in [-0.25, -0.2) is 4.57 Å². The lowest BCUT2D eigenvalue weighted by atomic mass is 10.2. The highest BCUT2D eigenvalue weighted by molar-refractivity contribution is 7.47. The molecule has 100 valence electrons. The summed E-state index contributed by atoms with van der Waals surface area (Å²) in [7, 11) is -4.21. The average molecular weight is 332 g/mol. The Kier molecular flexibility index (Phi) is 5.99. The summed E-state index contributed by atoms with van der Waals surface area (Å²) >= 11 is 17.2. The third-order valence-electron chi connectivity index (χ3n) is 1.80. The molecule has 1 rings (SSSR count). The molecule has 1 aromatic rings. The van der Waals surface area contributed by atoms with Crippen LogP contribution in [0.15, 0.2) is 23.7 Å². The van der Waals surface area contributed by atoms with Gasteiger partial charge in [-0.1, -0.05) is 34.8 Å². The molecule has 1 aromatic carbocycles. The molecule has 0 aliphatic carbocycles. The van der Waals surface area contributed by atoms with Crippen LogP contribution < -0.4 is 0 Å². The van der Waals surface area contributed by atoms with Gasteiger partial charge in [0.15, 0.2) is 5.76 Å². The van der Waals surface area contributed by atoms with Crippen molar-refractivity contribution in [2.24, 2.45) is 0 Å².